The zero-order valence-corrected chi connectivity index (χ0v) is 9.56. The number of anilines is 1. The van der Waals surface area contributed by atoms with E-state index >= 15 is 0 Å². The maximum absolute atomic E-state index is 11.1. The van der Waals surface area contributed by atoms with Gasteiger partial charge in [-0.25, -0.2) is 4.98 Å². The van der Waals surface area contributed by atoms with E-state index in [2.05, 4.69) is 10.3 Å². The van der Waals surface area contributed by atoms with E-state index in [9.17, 15) is 4.79 Å². The van der Waals surface area contributed by atoms with Crippen LogP contribution in [0.5, 0.6) is 0 Å². The highest BCUT2D eigenvalue weighted by molar-refractivity contribution is 5.97. The first-order valence-electron chi connectivity index (χ1n) is 5.24. The molecule has 0 aliphatic carbocycles. The van der Waals surface area contributed by atoms with E-state index < -0.39 is 5.91 Å². The van der Waals surface area contributed by atoms with Crippen LogP contribution in [0.4, 0.5) is 5.82 Å². The molecule has 0 aliphatic heterocycles. The Hall–Kier alpha value is -1.62. The Morgan fingerprint density at radius 2 is 2.44 bits per heavy atom. The summed E-state index contributed by atoms with van der Waals surface area (Å²) >= 11 is 0. The Balaban J connectivity index is 2.69. The average Bonchev–Trinajstić information content (AvgIpc) is 2.27. The number of carbonyl (C=O) groups excluding carboxylic acids is 1. The monoisotopic (exact) mass is 223 g/mol. The first-order chi connectivity index (χ1) is 7.65. The predicted octanol–water partition coefficient (Wildman–Crippen LogP) is 1.02. The Morgan fingerprint density at radius 1 is 1.69 bits per heavy atom. The number of aromatic nitrogens is 1. The fraction of sp³-hybridized carbons (Fsp3) is 0.455. The molecule has 1 amide bonds. The minimum atomic E-state index is -0.487. The van der Waals surface area contributed by atoms with Crippen LogP contribution < -0.4 is 11.1 Å². The number of carbonyl (C=O) groups is 1. The molecule has 16 heavy (non-hydrogen) atoms. The van der Waals surface area contributed by atoms with Gasteiger partial charge in [-0.1, -0.05) is 0 Å². The third-order valence-electron chi connectivity index (χ3n) is 2.03. The van der Waals surface area contributed by atoms with Crippen LogP contribution in [0.15, 0.2) is 18.3 Å². The summed E-state index contributed by atoms with van der Waals surface area (Å²) in [5, 5.41) is 3.09. The summed E-state index contributed by atoms with van der Waals surface area (Å²) in [6.07, 6.45) is 1.61. The van der Waals surface area contributed by atoms with E-state index in [0.717, 1.165) is 0 Å². The molecule has 1 aromatic rings. The Bertz CT molecular complexity index is 355. The van der Waals surface area contributed by atoms with Gasteiger partial charge in [-0.15, -0.1) is 0 Å². The van der Waals surface area contributed by atoms with Gasteiger partial charge in [0.2, 0.25) is 0 Å². The van der Waals surface area contributed by atoms with Crippen LogP contribution in [-0.2, 0) is 4.74 Å². The minimum absolute atomic E-state index is 0.0768. The first-order valence-corrected chi connectivity index (χ1v) is 5.24. The third-order valence-corrected chi connectivity index (χ3v) is 2.03. The summed E-state index contributed by atoms with van der Waals surface area (Å²) in [4.78, 5) is 15.2. The second kappa shape index (κ2) is 6.07. The fourth-order valence-electron chi connectivity index (χ4n) is 1.29. The smallest absolute Gasteiger partial charge is 0.252 e. The van der Waals surface area contributed by atoms with Crippen molar-refractivity contribution in [2.45, 2.75) is 19.9 Å². The molecule has 1 rings (SSSR count). The predicted molar refractivity (Wildman–Crippen MR) is 62.3 cm³/mol. The van der Waals surface area contributed by atoms with Gasteiger partial charge in [0.15, 0.2) is 0 Å². The number of nitrogens with one attached hydrogen (secondary N) is 1. The molecule has 0 saturated carbocycles. The van der Waals surface area contributed by atoms with Crippen LogP contribution in [0.25, 0.3) is 0 Å². The van der Waals surface area contributed by atoms with Crippen molar-refractivity contribution in [3.63, 3.8) is 0 Å². The minimum Gasteiger partial charge on any atom is -0.380 e. The lowest BCUT2D eigenvalue weighted by atomic mass is 10.2. The van der Waals surface area contributed by atoms with Gasteiger partial charge < -0.3 is 15.8 Å². The molecule has 1 heterocycles. The molecule has 1 aromatic heterocycles. The van der Waals surface area contributed by atoms with Crippen LogP contribution in [0, 0.1) is 0 Å². The van der Waals surface area contributed by atoms with Gasteiger partial charge in [0.25, 0.3) is 5.91 Å². The van der Waals surface area contributed by atoms with Crippen LogP contribution in [0.2, 0.25) is 0 Å². The van der Waals surface area contributed by atoms with Crippen molar-refractivity contribution in [2.75, 3.05) is 18.5 Å². The summed E-state index contributed by atoms with van der Waals surface area (Å²) in [7, 11) is 0. The highest BCUT2D eigenvalue weighted by Crippen LogP contribution is 2.11. The van der Waals surface area contributed by atoms with Crippen LogP contribution in [0.3, 0.4) is 0 Å². The molecule has 0 radical (unpaired) electrons. The highest BCUT2D eigenvalue weighted by Gasteiger charge is 2.10. The van der Waals surface area contributed by atoms with E-state index in [1.54, 1.807) is 18.3 Å². The molecular weight excluding hydrogens is 206 g/mol. The van der Waals surface area contributed by atoms with E-state index in [4.69, 9.17) is 10.5 Å². The lowest BCUT2D eigenvalue weighted by Gasteiger charge is -2.15. The molecule has 1 unspecified atom stereocenters. The standard InChI is InChI=1S/C11H17N3O2/c1-3-16-7-8(2)14-11-9(10(12)15)5-4-6-13-11/h4-6,8H,3,7H2,1-2H3,(H2,12,15)(H,13,14). The quantitative estimate of drug-likeness (QED) is 0.754. The molecule has 0 fully saturated rings. The third kappa shape index (κ3) is 3.51. The van der Waals surface area contributed by atoms with Crippen LogP contribution in [0.1, 0.15) is 24.2 Å². The van der Waals surface area contributed by atoms with E-state index in [1.165, 1.54) is 0 Å². The molecule has 0 aliphatic rings. The number of nitrogens with two attached hydrogens (primary N) is 1. The van der Waals surface area contributed by atoms with Crippen molar-refractivity contribution in [3.8, 4) is 0 Å². The zero-order valence-electron chi connectivity index (χ0n) is 9.56. The molecule has 5 nitrogen and oxygen atoms in total. The number of nitrogens with zero attached hydrogens (tertiary/aromatic N) is 1. The number of pyridine rings is 1. The van der Waals surface area contributed by atoms with Gasteiger partial charge in [0, 0.05) is 18.8 Å². The zero-order chi connectivity index (χ0) is 12.0. The van der Waals surface area contributed by atoms with Gasteiger partial charge in [0.05, 0.1) is 12.2 Å². The van der Waals surface area contributed by atoms with Gasteiger partial charge >= 0.3 is 0 Å². The summed E-state index contributed by atoms with van der Waals surface area (Å²) in [6, 6.07) is 3.40. The fourth-order valence-corrected chi connectivity index (χ4v) is 1.29. The molecule has 88 valence electrons. The molecule has 0 aromatic carbocycles. The van der Waals surface area contributed by atoms with Crippen molar-refractivity contribution >= 4 is 11.7 Å². The van der Waals surface area contributed by atoms with Gasteiger partial charge in [-0.05, 0) is 26.0 Å². The molecule has 0 spiro atoms. The summed E-state index contributed by atoms with van der Waals surface area (Å²) in [5.74, 6) is 0.0152. The Labute approximate surface area is 95.0 Å². The van der Waals surface area contributed by atoms with E-state index in [0.29, 0.717) is 24.6 Å². The largest absolute Gasteiger partial charge is 0.380 e. The van der Waals surface area contributed by atoms with Gasteiger partial charge in [0.1, 0.15) is 5.82 Å². The van der Waals surface area contributed by atoms with Crippen molar-refractivity contribution < 1.29 is 9.53 Å². The number of hydrogen-bond donors (Lipinski definition) is 2. The second-order valence-electron chi connectivity index (χ2n) is 3.47. The maximum atomic E-state index is 11.1. The van der Waals surface area contributed by atoms with Crippen molar-refractivity contribution in [3.05, 3.63) is 23.9 Å². The topological polar surface area (TPSA) is 77.2 Å². The van der Waals surface area contributed by atoms with Crippen molar-refractivity contribution in [1.29, 1.82) is 0 Å². The van der Waals surface area contributed by atoms with Gasteiger partial charge in [-0.2, -0.15) is 0 Å². The Morgan fingerprint density at radius 3 is 3.06 bits per heavy atom. The lowest BCUT2D eigenvalue weighted by Crippen LogP contribution is -2.25. The number of primary amides is 1. The molecule has 0 saturated heterocycles. The normalized spacial score (nSPS) is 12.1. The first kappa shape index (κ1) is 12.4. The molecule has 5 heteroatoms. The SMILES string of the molecule is CCOCC(C)Nc1ncccc1C(N)=O. The number of ether oxygens (including phenoxy) is 1. The molecule has 3 N–H and O–H groups in total. The summed E-state index contributed by atoms with van der Waals surface area (Å²) < 4.78 is 5.26. The van der Waals surface area contributed by atoms with Crippen molar-refractivity contribution in [2.24, 2.45) is 5.73 Å². The Kier molecular flexibility index (Phi) is 4.72. The van der Waals surface area contributed by atoms with E-state index in [1.807, 2.05) is 13.8 Å². The van der Waals surface area contributed by atoms with Crippen LogP contribution in [-0.4, -0.2) is 30.1 Å². The van der Waals surface area contributed by atoms with Gasteiger partial charge in [-0.3, -0.25) is 4.79 Å². The maximum Gasteiger partial charge on any atom is 0.252 e. The summed E-state index contributed by atoms with van der Waals surface area (Å²) in [5.41, 5.74) is 5.63. The summed E-state index contributed by atoms with van der Waals surface area (Å²) in [6.45, 7) is 5.11. The second-order valence-corrected chi connectivity index (χ2v) is 3.47. The average molecular weight is 223 g/mol. The van der Waals surface area contributed by atoms with Crippen molar-refractivity contribution in [1.82, 2.24) is 4.98 Å². The molecule has 1 atom stereocenters. The number of amides is 1. The number of hydrogen-bond acceptors (Lipinski definition) is 4. The molecule has 0 bridgehead atoms. The van der Waals surface area contributed by atoms with Crippen LogP contribution >= 0.6 is 0 Å². The van der Waals surface area contributed by atoms with E-state index in [-0.39, 0.29) is 6.04 Å². The highest BCUT2D eigenvalue weighted by atomic mass is 16.5. The number of rotatable bonds is 6. The molecular formula is C11H17N3O2. The lowest BCUT2D eigenvalue weighted by molar-refractivity contribution is 0.100.